The number of aliphatic hydroxyl groups excluding tert-OH is 1. The predicted octanol–water partition coefficient (Wildman–Crippen LogP) is 2.30. The van der Waals surface area contributed by atoms with Gasteiger partial charge in [-0.2, -0.15) is 13.2 Å². The van der Waals surface area contributed by atoms with Crippen molar-refractivity contribution in [2.45, 2.75) is 75.5 Å². The number of alkyl halides is 3. The van der Waals surface area contributed by atoms with Crippen LogP contribution in [0.25, 0.3) is 0 Å². The van der Waals surface area contributed by atoms with E-state index in [1.165, 1.54) is 0 Å². The zero-order chi connectivity index (χ0) is 24.1. The third-order valence-corrected chi connectivity index (χ3v) is 8.25. The standard InChI is InChI=1S/C24H32F3N3O4/c1-33-21-13-34-5-3-20(21)29-17-7-15-8-18(31)10-23(15,9-17)22(32)30-4-2-19-14(12-30)6-16(11-28-19)24(25,26)27/h6,11,15,17-18,20-21,29,31H,2-5,7-10,12-13H2,1H3/t15-,17+,18+,20?,21?,23-/m0/s1. The van der Waals surface area contributed by atoms with Crippen LogP contribution in [0.15, 0.2) is 12.3 Å². The van der Waals surface area contributed by atoms with Crippen LogP contribution in [0.1, 0.15) is 48.9 Å². The highest BCUT2D eigenvalue weighted by Gasteiger charge is 2.59. The Bertz CT molecular complexity index is 929. The summed E-state index contributed by atoms with van der Waals surface area (Å²) in [5.74, 6) is 0.00560. The summed E-state index contributed by atoms with van der Waals surface area (Å²) >= 11 is 0. The van der Waals surface area contributed by atoms with Crippen LogP contribution in [-0.2, 0) is 33.4 Å². The molecule has 34 heavy (non-hydrogen) atoms. The molecule has 2 N–H and O–H groups in total. The van der Waals surface area contributed by atoms with E-state index in [2.05, 4.69) is 10.3 Å². The van der Waals surface area contributed by atoms with Crippen molar-refractivity contribution >= 4 is 5.91 Å². The second-order valence-electron chi connectivity index (χ2n) is 10.3. The van der Waals surface area contributed by atoms with Crippen LogP contribution >= 0.6 is 0 Å². The molecule has 1 aromatic heterocycles. The van der Waals surface area contributed by atoms with Crippen LogP contribution in [0.3, 0.4) is 0 Å². The zero-order valence-corrected chi connectivity index (χ0v) is 19.3. The van der Waals surface area contributed by atoms with Crippen LogP contribution in [0, 0.1) is 11.3 Å². The number of carbonyl (C=O) groups is 1. The second-order valence-corrected chi connectivity index (χ2v) is 10.3. The van der Waals surface area contributed by atoms with Gasteiger partial charge in [-0.15, -0.1) is 0 Å². The van der Waals surface area contributed by atoms with Gasteiger partial charge in [0.15, 0.2) is 0 Å². The number of hydrogen-bond acceptors (Lipinski definition) is 6. The first-order valence-electron chi connectivity index (χ1n) is 12.1. The minimum absolute atomic E-state index is 0.0413. The number of amides is 1. The van der Waals surface area contributed by atoms with E-state index in [4.69, 9.17) is 9.47 Å². The number of pyridine rings is 1. The van der Waals surface area contributed by atoms with Gasteiger partial charge in [-0.1, -0.05) is 0 Å². The summed E-state index contributed by atoms with van der Waals surface area (Å²) in [6, 6.07) is 1.39. The first-order valence-corrected chi connectivity index (χ1v) is 12.1. The lowest BCUT2D eigenvalue weighted by Crippen LogP contribution is -2.51. The number of hydrogen-bond donors (Lipinski definition) is 2. The molecule has 6 atom stereocenters. The predicted molar refractivity (Wildman–Crippen MR) is 116 cm³/mol. The molecule has 10 heteroatoms. The molecule has 0 spiro atoms. The number of rotatable bonds is 4. The highest BCUT2D eigenvalue weighted by atomic mass is 19.4. The summed E-state index contributed by atoms with van der Waals surface area (Å²) in [5.41, 5.74) is -0.397. The third-order valence-electron chi connectivity index (χ3n) is 8.25. The fourth-order valence-corrected chi connectivity index (χ4v) is 6.65. The van der Waals surface area contributed by atoms with Gasteiger partial charge >= 0.3 is 6.18 Å². The third kappa shape index (κ3) is 4.34. The SMILES string of the molecule is COC1COCCC1N[C@@H]1C[C@H]2C[C@@H](O)C[C@@]2(C(=O)N2CCc3ncc(C(F)(F)F)cc3C2)C1. The van der Waals surface area contributed by atoms with Crippen molar-refractivity contribution in [1.82, 2.24) is 15.2 Å². The number of nitrogens with one attached hydrogen (secondary N) is 1. The molecule has 5 rings (SSSR count). The molecule has 2 aliphatic heterocycles. The number of aromatic nitrogens is 1. The molecule has 4 aliphatic rings. The molecule has 1 aromatic rings. The number of aliphatic hydroxyl groups is 1. The van der Waals surface area contributed by atoms with Crippen LogP contribution < -0.4 is 5.32 Å². The van der Waals surface area contributed by atoms with E-state index in [-0.39, 0.29) is 36.6 Å². The van der Waals surface area contributed by atoms with E-state index >= 15 is 0 Å². The van der Waals surface area contributed by atoms with Crippen molar-refractivity contribution < 1.29 is 32.5 Å². The molecule has 7 nitrogen and oxygen atoms in total. The number of nitrogens with zero attached hydrogens (tertiary/aromatic N) is 2. The van der Waals surface area contributed by atoms with E-state index in [0.29, 0.717) is 56.7 Å². The van der Waals surface area contributed by atoms with Gasteiger partial charge in [0.25, 0.3) is 0 Å². The molecule has 0 bridgehead atoms. The lowest BCUT2D eigenvalue weighted by atomic mass is 9.78. The van der Waals surface area contributed by atoms with Gasteiger partial charge in [-0.05, 0) is 49.7 Å². The summed E-state index contributed by atoms with van der Waals surface area (Å²) in [6.07, 6.45) is -0.511. The van der Waals surface area contributed by atoms with Crippen LogP contribution in [-0.4, -0.2) is 72.1 Å². The maximum absolute atomic E-state index is 13.9. The van der Waals surface area contributed by atoms with Crippen LogP contribution in [0.2, 0.25) is 0 Å². The molecular formula is C24H32F3N3O4. The quantitative estimate of drug-likeness (QED) is 0.684. The van der Waals surface area contributed by atoms with Crippen molar-refractivity contribution in [3.8, 4) is 0 Å². The van der Waals surface area contributed by atoms with E-state index in [9.17, 15) is 23.1 Å². The van der Waals surface area contributed by atoms with Gasteiger partial charge < -0.3 is 24.8 Å². The van der Waals surface area contributed by atoms with Crippen molar-refractivity contribution in [3.05, 3.63) is 29.1 Å². The molecule has 2 saturated carbocycles. The Morgan fingerprint density at radius 2 is 2.18 bits per heavy atom. The van der Waals surface area contributed by atoms with E-state index < -0.39 is 23.3 Å². The van der Waals surface area contributed by atoms with Crippen molar-refractivity contribution in [2.24, 2.45) is 11.3 Å². The topological polar surface area (TPSA) is 83.9 Å². The van der Waals surface area contributed by atoms with Crippen molar-refractivity contribution in [1.29, 1.82) is 0 Å². The largest absolute Gasteiger partial charge is 0.417 e. The lowest BCUT2D eigenvalue weighted by molar-refractivity contribution is -0.145. The number of ether oxygens (including phenoxy) is 2. The van der Waals surface area contributed by atoms with Crippen LogP contribution in [0.5, 0.6) is 0 Å². The normalized spacial score (nSPS) is 35.8. The van der Waals surface area contributed by atoms with E-state index in [1.807, 2.05) is 0 Å². The van der Waals surface area contributed by atoms with Crippen molar-refractivity contribution in [3.63, 3.8) is 0 Å². The smallest absolute Gasteiger partial charge is 0.393 e. The Morgan fingerprint density at radius 3 is 2.94 bits per heavy atom. The number of carbonyl (C=O) groups excluding carboxylic acids is 1. The maximum Gasteiger partial charge on any atom is 0.417 e. The average molecular weight is 484 g/mol. The Morgan fingerprint density at radius 1 is 1.35 bits per heavy atom. The molecule has 0 aromatic carbocycles. The van der Waals surface area contributed by atoms with Gasteiger partial charge in [-0.3, -0.25) is 9.78 Å². The molecule has 1 saturated heterocycles. The molecule has 3 heterocycles. The Kier molecular flexibility index (Phi) is 6.37. The molecule has 188 valence electrons. The average Bonchev–Trinajstić information content (AvgIpc) is 3.30. The molecule has 1 amide bonds. The molecule has 3 fully saturated rings. The number of methoxy groups -OCH3 is 1. The lowest BCUT2D eigenvalue weighted by Gasteiger charge is -2.38. The Labute approximate surface area is 197 Å². The molecule has 2 aliphatic carbocycles. The zero-order valence-electron chi connectivity index (χ0n) is 19.3. The second kappa shape index (κ2) is 9.04. The van der Waals surface area contributed by atoms with Gasteiger partial charge in [0.1, 0.15) is 0 Å². The minimum atomic E-state index is -4.47. The summed E-state index contributed by atoms with van der Waals surface area (Å²) < 4.78 is 50.7. The summed E-state index contributed by atoms with van der Waals surface area (Å²) in [6.45, 7) is 1.75. The summed E-state index contributed by atoms with van der Waals surface area (Å²) in [5, 5.41) is 14.1. The number of halogens is 3. The summed E-state index contributed by atoms with van der Waals surface area (Å²) in [4.78, 5) is 19.6. The Hall–Kier alpha value is -1.75. The van der Waals surface area contributed by atoms with Gasteiger partial charge in [-0.25, -0.2) is 0 Å². The molecular weight excluding hydrogens is 451 g/mol. The molecule has 0 radical (unpaired) electrons. The fourth-order valence-electron chi connectivity index (χ4n) is 6.65. The number of fused-ring (bicyclic) bond motifs is 2. The summed E-state index contributed by atoms with van der Waals surface area (Å²) in [7, 11) is 1.67. The van der Waals surface area contributed by atoms with Gasteiger partial charge in [0, 0.05) is 57.2 Å². The van der Waals surface area contributed by atoms with E-state index in [1.54, 1.807) is 12.0 Å². The van der Waals surface area contributed by atoms with Crippen molar-refractivity contribution in [2.75, 3.05) is 26.9 Å². The first kappa shape index (κ1) is 24.0. The van der Waals surface area contributed by atoms with Gasteiger partial charge in [0.05, 0.1) is 29.8 Å². The Balaban J connectivity index is 1.33. The van der Waals surface area contributed by atoms with E-state index in [0.717, 1.165) is 25.1 Å². The first-order chi connectivity index (χ1) is 16.2. The highest BCUT2D eigenvalue weighted by molar-refractivity contribution is 5.84. The highest BCUT2D eigenvalue weighted by Crippen LogP contribution is 2.55. The molecule has 2 unspecified atom stereocenters. The minimum Gasteiger partial charge on any atom is -0.393 e. The fraction of sp³-hybridized carbons (Fsp3) is 0.750. The van der Waals surface area contributed by atoms with Gasteiger partial charge in [0.2, 0.25) is 5.91 Å². The monoisotopic (exact) mass is 483 g/mol. The maximum atomic E-state index is 13.9. The van der Waals surface area contributed by atoms with Crippen LogP contribution in [0.4, 0.5) is 13.2 Å².